The first-order valence-corrected chi connectivity index (χ1v) is 5.64. The van der Waals surface area contributed by atoms with Crippen LogP contribution in [0.5, 0.6) is 0 Å². The van der Waals surface area contributed by atoms with Crippen LogP contribution in [0.4, 0.5) is 16.0 Å². The highest BCUT2D eigenvalue weighted by atomic mass is 19.1. The van der Waals surface area contributed by atoms with Crippen molar-refractivity contribution in [1.29, 1.82) is 0 Å². The number of rotatable bonds is 3. The normalized spacial score (nSPS) is 12.2. The van der Waals surface area contributed by atoms with Crippen molar-refractivity contribution in [3.8, 4) is 0 Å². The largest absolute Gasteiger partial charge is 0.382 e. The van der Waals surface area contributed by atoms with Gasteiger partial charge in [-0.1, -0.05) is 18.2 Å². The molecule has 2 rings (SSSR count). The molecule has 0 radical (unpaired) electrons. The topological polar surface area (TPSA) is 55.0 Å². The summed E-state index contributed by atoms with van der Waals surface area (Å²) in [5.74, 6) is 0.797. The zero-order valence-electron chi connectivity index (χ0n) is 10.3. The van der Waals surface area contributed by atoms with Gasteiger partial charge in [0.25, 0.3) is 0 Å². The van der Waals surface area contributed by atoms with Gasteiger partial charge in [-0.3, -0.25) is 0 Å². The molecule has 0 spiro atoms. The third-order valence-electron chi connectivity index (χ3n) is 2.96. The SMILES string of the molecule is CC(c1ccccc1F)N(C)c1cnc(N)cn1. The number of nitrogens with two attached hydrogens (primary N) is 1. The van der Waals surface area contributed by atoms with Crippen LogP contribution in [0.25, 0.3) is 0 Å². The highest BCUT2D eigenvalue weighted by Crippen LogP contribution is 2.25. The Bertz CT molecular complexity index is 527. The van der Waals surface area contributed by atoms with Crippen molar-refractivity contribution in [1.82, 2.24) is 9.97 Å². The Labute approximate surface area is 105 Å². The van der Waals surface area contributed by atoms with Gasteiger partial charge in [-0.15, -0.1) is 0 Å². The molecule has 4 nitrogen and oxygen atoms in total. The minimum Gasteiger partial charge on any atom is -0.382 e. The van der Waals surface area contributed by atoms with Gasteiger partial charge in [-0.2, -0.15) is 0 Å². The van der Waals surface area contributed by atoms with Crippen molar-refractivity contribution in [3.63, 3.8) is 0 Å². The fourth-order valence-electron chi connectivity index (χ4n) is 1.73. The van der Waals surface area contributed by atoms with Crippen LogP contribution in [0, 0.1) is 5.82 Å². The number of nitrogens with zero attached hydrogens (tertiary/aromatic N) is 3. The molecular weight excluding hydrogens is 231 g/mol. The van der Waals surface area contributed by atoms with Crippen LogP contribution in [-0.4, -0.2) is 17.0 Å². The molecule has 1 heterocycles. The molecule has 1 atom stereocenters. The van der Waals surface area contributed by atoms with E-state index in [-0.39, 0.29) is 11.9 Å². The van der Waals surface area contributed by atoms with Gasteiger partial charge < -0.3 is 10.6 Å². The molecular formula is C13H15FN4. The van der Waals surface area contributed by atoms with Crippen LogP contribution in [0.3, 0.4) is 0 Å². The van der Waals surface area contributed by atoms with E-state index in [0.717, 1.165) is 0 Å². The molecule has 1 unspecified atom stereocenters. The Morgan fingerprint density at radius 3 is 2.56 bits per heavy atom. The third kappa shape index (κ3) is 2.40. The van der Waals surface area contributed by atoms with E-state index in [2.05, 4.69) is 9.97 Å². The van der Waals surface area contributed by atoms with Gasteiger partial charge in [0, 0.05) is 12.6 Å². The van der Waals surface area contributed by atoms with Crippen molar-refractivity contribution in [2.24, 2.45) is 0 Å². The van der Waals surface area contributed by atoms with Crippen LogP contribution >= 0.6 is 0 Å². The molecule has 1 aromatic heterocycles. The van der Waals surface area contributed by atoms with Gasteiger partial charge in [0.1, 0.15) is 17.5 Å². The first-order chi connectivity index (χ1) is 8.59. The number of aromatic nitrogens is 2. The summed E-state index contributed by atoms with van der Waals surface area (Å²) in [5.41, 5.74) is 6.11. The molecule has 2 aromatic rings. The maximum absolute atomic E-state index is 13.7. The van der Waals surface area contributed by atoms with Crippen molar-refractivity contribution < 1.29 is 4.39 Å². The Balaban J connectivity index is 2.26. The van der Waals surface area contributed by atoms with E-state index in [4.69, 9.17) is 5.73 Å². The average Bonchev–Trinajstić information content (AvgIpc) is 2.38. The molecule has 5 heteroatoms. The summed E-state index contributed by atoms with van der Waals surface area (Å²) < 4.78 is 13.7. The first-order valence-electron chi connectivity index (χ1n) is 5.64. The predicted molar refractivity (Wildman–Crippen MR) is 69.7 cm³/mol. The van der Waals surface area contributed by atoms with E-state index in [1.165, 1.54) is 12.3 Å². The molecule has 94 valence electrons. The number of halogens is 1. The summed E-state index contributed by atoms with van der Waals surface area (Å²) >= 11 is 0. The second-order valence-electron chi connectivity index (χ2n) is 4.11. The second-order valence-corrected chi connectivity index (χ2v) is 4.11. The zero-order chi connectivity index (χ0) is 13.1. The van der Waals surface area contributed by atoms with E-state index in [9.17, 15) is 4.39 Å². The molecule has 0 aliphatic heterocycles. The van der Waals surface area contributed by atoms with Gasteiger partial charge in [-0.25, -0.2) is 14.4 Å². The summed E-state index contributed by atoms with van der Waals surface area (Å²) in [5, 5.41) is 0. The fraction of sp³-hybridized carbons (Fsp3) is 0.231. The van der Waals surface area contributed by atoms with Gasteiger partial charge in [0.2, 0.25) is 0 Å². The lowest BCUT2D eigenvalue weighted by atomic mass is 10.1. The van der Waals surface area contributed by atoms with E-state index in [0.29, 0.717) is 17.2 Å². The maximum atomic E-state index is 13.7. The minimum atomic E-state index is -0.222. The molecule has 18 heavy (non-hydrogen) atoms. The van der Waals surface area contributed by atoms with Gasteiger partial charge in [-0.05, 0) is 13.0 Å². The molecule has 2 N–H and O–H groups in total. The van der Waals surface area contributed by atoms with E-state index < -0.39 is 0 Å². The first kappa shape index (κ1) is 12.3. The quantitative estimate of drug-likeness (QED) is 0.903. The molecule has 0 saturated carbocycles. The predicted octanol–water partition coefficient (Wildman–Crippen LogP) is 2.40. The molecule has 0 saturated heterocycles. The van der Waals surface area contributed by atoms with Gasteiger partial charge >= 0.3 is 0 Å². The number of benzene rings is 1. The second kappa shape index (κ2) is 5.00. The van der Waals surface area contributed by atoms with Crippen LogP contribution < -0.4 is 10.6 Å². The van der Waals surface area contributed by atoms with Crippen molar-refractivity contribution in [2.45, 2.75) is 13.0 Å². The van der Waals surface area contributed by atoms with Crippen LogP contribution in [0.2, 0.25) is 0 Å². The van der Waals surface area contributed by atoms with Crippen LogP contribution in [-0.2, 0) is 0 Å². The number of anilines is 2. The van der Waals surface area contributed by atoms with Crippen molar-refractivity contribution >= 4 is 11.6 Å². The Kier molecular flexibility index (Phi) is 3.41. The lowest BCUT2D eigenvalue weighted by molar-refractivity contribution is 0.584. The van der Waals surface area contributed by atoms with Gasteiger partial charge in [0.15, 0.2) is 0 Å². The Hall–Kier alpha value is -2.17. The number of hydrogen-bond acceptors (Lipinski definition) is 4. The summed E-state index contributed by atoms with van der Waals surface area (Å²) in [6, 6.07) is 6.57. The zero-order valence-corrected chi connectivity index (χ0v) is 10.3. The molecule has 0 amide bonds. The highest BCUT2D eigenvalue weighted by Gasteiger charge is 2.16. The lowest BCUT2D eigenvalue weighted by Gasteiger charge is -2.26. The van der Waals surface area contributed by atoms with E-state index in [1.54, 1.807) is 18.3 Å². The molecule has 0 fully saturated rings. The molecule has 0 aliphatic rings. The average molecular weight is 246 g/mol. The number of nitrogen functional groups attached to an aromatic ring is 1. The smallest absolute Gasteiger partial charge is 0.147 e. The third-order valence-corrected chi connectivity index (χ3v) is 2.96. The lowest BCUT2D eigenvalue weighted by Crippen LogP contribution is -2.23. The molecule has 1 aromatic carbocycles. The molecule has 0 aliphatic carbocycles. The Morgan fingerprint density at radius 2 is 1.94 bits per heavy atom. The summed E-state index contributed by atoms with van der Waals surface area (Å²) in [6.45, 7) is 1.91. The van der Waals surface area contributed by atoms with Crippen molar-refractivity contribution in [3.05, 3.63) is 48.0 Å². The Morgan fingerprint density at radius 1 is 1.22 bits per heavy atom. The minimum absolute atomic E-state index is 0.135. The van der Waals surface area contributed by atoms with Crippen molar-refractivity contribution in [2.75, 3.05) is 17.7 Å². The summed E-state index contributed by atoms with van der Waals surface area (Å²) in [7, 11) is 1.84. The van der Waals surface area contributed by atoms with E-state index >= 15 is 0 Å². The van der Waals surface area contributed by atoms with Crippen LogP contribution in [0.15, 0.2) is 36.7 Å². The fourth-order valence-corrected chi connectivity index (χ4v) is 1.73. The standard InChI is InChI=1S/C13H15FN4/c1-9(10-5-3-4-6-11(10)14)18(2)13-8-16-12(15)7-17-13/h3-9H,1-2H3,(H2,15,16). The monoisotopic (exact) mass is 246 g/mol. The molecule has 0 bridgehead atoms. The van der Waals surface area contributed by atoms with E-state index in [1.807, 2.05) is 24.9 Å². The van der Waals surface area contributed by atoms with Crippen LogP contribution in [0.1, 0.15) is 18.5 Å². The number of hydrogen-bond donors (Lipinski definition) is 1. The summed E-state index contributed by atoms with van der Waals surface area (Å²) in [6.07, 6.45) is 3.06. The highest BCUT2D eigenvalue weighted by molar-refractivity contribution is 5.41. The summed E-state index contributed by atoms with van der Waals surface area (Å²) in [4.78, 5) is 10.0. The maximum Gasteiger partial charge on any atom is 0.147 e. The van der Waals surface area contributed by atoms with Gasteiger partial charge in [0.05, 0.1) is 18.4 Å².